The van der Waals surface area contributed by atoms with E-state index in [0.29, 0.717) is 50.6 Å². The Morgan fingerprint density at radius 1 is 1.24 bits per heavy atom. The molecule has 3 atom stereocenters. The number of halogens is 1. The van der Waals surface area contributed by atoms with Gasteiger partial charge in [-0.1, -0.05) is 32.9 Å². The summed E-state index contributed by atoms with van der Waals surface area (Å²) in [6.07, 6.45) is 7.29. The molecule has 7 heteroatoms. The van der Waals surface area contributed by atoms with Crippen molar-refractivity contribution in [3.63, 3.8) is 0 Å². The lowest BCUT2D eigenvalue weighted by Crippen LogP contribution is -2.49. The van der Waals surface area contributed by atoms with Crippen LogP contribution < -0.4 is 10.1 Å². The number of nitrogens with zero attached hydrogens (tertiary/aromatic N) is 1. The van der Waals surface area contributed by atoms with E-state index in [0.717, 1.165) is 51.5 Å². The second-order valence-corrected chi connectivity index (χ2v) is 12.8. The maximum atomic E-state index is 15.1. The van der Waals surface area contributed by atoms with Crippen LogP contribution >= 0.6 is 0 Å². The molecule has 1 saturated carbocycles. The van der Waals surface area contributed by atoms with Crippen molar-refractivity contribution in [3.05, 3.63) is 29.6 Å². The first-order valence-electron chi connectivity index (χ1n) is 14.6. The van der Waals surface area contributed by atoms with Crippen LogP contribution in [0.2, 0.25) is 0 Å². The standard InChI is InChI=1S/C31H51FN2O4/c1-30(2,3)19-24(20-33-4)18-28(35)34-16-9-10-25(21-34)31(36,15-6-7-17-37-5)26-11-8-12-27(32)29(26)38-22-23-13-14-23/h8,11-12,23-25,33,36H,6-7,9-10,13-22H2,1-5H3/t24-,25+,31-/m0/s1. The summed E-state index contributed by atoms with van der Waals surface area (Å²) < 4.78 is 26.3. The number of rotatable bonds is 15. The number of benzene rings is 1. The quantitative estimate of drug-likeness (QED) is 0.290. The van der Waals surface area contributed by atoms with E-state index in [2.05, 4.69) is 26.1 Å². The number of hydrogen-bond acceptors (Lipinski definition) is 5. The molecule has 2 aliphatic rings. The van der Waals surface area contributed by atoms with E-state index >= 15 is 4.39 Å². The monoisotopic (exact) mass is 534 g/mol. The number of ether oxygens (including phenoxy) is 2. The molecule has 2 N–H and O–H groups in total. The van der Waals surface area contributed by atoms with E-state index in [1.807, 2.05) is 18.0 Å². The van der Waals surface area contributed by atoms with Crippen molar-refractivity contribution in [2.24, 2.45) is 23.2 Å². The van der Waals surface area contributed by atoms with Gasteiger partial charge in [0.2, 0.25) is 5.91 Å². The number of carbonyl (C=O) groups excluding carboxylic acids is 1. The zero-order valence-electron chi connectivity index (χ0n) is 24.4. The molecule has 0 bridgehead atoms. The minimum atomic E-state index is -1.29. The van der Waals surface area contributed by atoms with Gasteiger partial charge in [0.25, 0.3) is 0 Å². The minimum absolute atomic E-state index is 0.142. The van der Waals surface area contributed by atoms with Crippen molar-refractivity contribution in [1.29, 1.82) is 0 Å². The molecule has 6 nitrogen and oxygen atoms in total. The Hall–Kier alpha value is -1.70. The topological polar surface area (TPSA) is 71.0 Å². The lowest BCUT2D eigenvalue weighted by Gasteiger charge is -2.43. The minimum Gasteiger partial charge on any atom is -0.490 e. The Bertz CT molecular complexity index is 885. The van der Waals surface area contributed by atoms with Gasteiger partial charge >= 0.3 is 0 Å². The molecule has 1 aliphatic heterocycles. The third kappa shape index (κ3) is 8.92. The Morgan fingerprint density at radius 2 is 2.00 bits per heavy atom. The van der Waals surface area contributed by atoms with Gasteiger partial charge in [0.1, 0.15) is 0 Å². The maximum Gasteiger partial charge on any atom is 0.222 e. The van der Waals surface area contributed by atoms with Crippen molar-refractivity contribution < 1.29 is 23.8 Å². The summed E-state index contributed by atoms with van der Waals surface area (Å²) in [6.45, 7) is 9.69. The van der Waals surface area contributed by atoms with Crippen LogP contribution in [0.5, 0.6) is 5.75 Å². The van der Waals surface area contributed by atoms with Gasteiger partial charge < -0.3 is 24.8 Å². The van der Waals surface area contributed by atoms with Gasteiger partial charge in [0.15, 0.2) is 11.6 Å². The van der Waals surface area contributed by atoms with Crippen LogP contribution in [0.25, 0.3) is 0 Å². The Morgan fingerprint density at radius 3 is 2.66 bits per heavy atom. The molecule has 1 aromatic rings. The molecule has 0 unspecified atom stereocenters. The Balaban J connectivity index is 1.82. The van der Waals surface area contributed by atoms with Gasteiger partial charge in [-0.05, 0) is 88.3 Å². The predicted octanol–water partition coefficient (Wildman–Crippen LogP) is 5.52. The fourth-order valence-electron chi connectivity index (χ4n) is 6.02. The molecule has 2 fully saturated rings. The first-order valence-corrected chi connectivity index (χ1v) is 14.6. The van der Waals surface area contributed by atoms with Crippen molar-refractivity contribution in [2.45, 2.75) is 84.2 Å². The summed E-state index contributed by atoms with van der Waals surface area (Å²) in [4.78, 5) is 15.4. The summed E-state index contributed by atoms with van der Waals surface area (Å²) in [7, 11) is 3.61. The SMILES string of the molecule is CNC[C@@H](CC(=O)N1CCC[C@@H]([C@@](O)(CCCCOC)c2cccc(F)c2OCC2CC2)C1)CC(C)(C)C. The Kier molecular flexibility index (Phi) is 11.4. The summed E-state index contributed by atoms with van der Waals surface area (Å²) in [5.74, 6) is 0.421. The number of carbonyl (C=O) groups is 1. The average molecular weight is 535 g/mol. The highest BCUT2D eigenvalue weighted by molar-refractivity contribution is 5.76. The normalized spacial score (nSPS) is 20.7. The predicted molar refractivity (Wildman–Crippen MR) is 150 cm³/mol. The van der Waals surface area contributed by atoms with E-state index in [1.54, 1.807) is 13.2 Å². The fraction of sp³-hybridized carbons (Fsp3) is 0.774. The largest absolute Gasteiger partial charge is 0.490 e. The highest BCUT2D eigenvalue weighted by Gasteiger charge is 2.43. The molecule has 0 spiro atoms. The van der Waals surface area contributed by atoms with Crippen LogP contribution in [0.1, 0.15) is 84.1 Å². The smallest absolute Gasteiger partial charge is 0.222 e. The van der Waals surface area contributed by atoms with Crippen LogP contribution in [-0.4, -0.2) is 62.9 Å². The van der Waals surface area contributed by atoms with Crippen molar-refractivity contribution in [3.8, 4) is 5.75 Å². The molecule has 38 heavy (non-hydrogen) atoms. The molecule has 1 aromatic carbocycles. The van der Waals surface area contributed by atoms with Crippen LogP contribution in [-0.2, 0) is 15.1 Å². The summed E-state index contributed by atoms with van der Waals surface area (Å²) in [6, 6.07) is 4.88. The molecule has 1 aliphatic carbocycles. The number of methoxy groups -OCH3 is 1. The molecule has 3 rings (SSSR count). The van der Waals surface area contributed by atoms with Gasteiger partial charge in [-0.3, -0.25) is 4.79 Å². The zero-order chi connectivity index (χ0) is 27.8. The van der Waals surface area contributed by atoms with Crippen LogP contribution in [0.4, 0.5) is 4.39 Å². The first kappa shape index (κ1) is 30.8. The Labute approximate surface area is 229 Å². The molecular formula is C31H51FN2O4. The van der Waals surface area contributed by atoms with Crippen molar-refractivity contribution in [2.75, 3.05) is 47.0 Å². The number of nitrogens with one attached hydrogen (secondary N) is 1. The molecule has 1 heterocycles. The van der Waals surface area contributed by atoms with Gasteiger partial charge in [-0.25, -0.2) is 4.39 Å². The van der Waals surface area contributed by atoms with Gasteiger partial charge in [-0.15, -0.1) is 0 Å². The molecule has 216 valence electrons. The second kappa shape index (κ2) is 14.1. The van der Waals surface area contributed by atoms with E-state index in [1.165, 1.54) is 6.07 Å². The maximum absolute atomic E-state index is 15.1. The van der Waals surface area contributed by atoms with E-state index in [4.69, 9.17) is 9.47 Å². The zero-order valence-corrected chi connectivity index (χ0v) is 24.4. The average Bonchev–Trinajstić information content (AvgIpc) is 3.69. The molecule has 1 saturated heterocycles. The third-order valence-corrected chi connectivity index (χ3v) is 8.06. The molecular weight excluding hydrogens is 483 g/mol. The van der Waals surface area contributed by atoms with Gasteiger partial charge in [-0.2, -0.15) is 0 Å². The number of aliphatic hydroxyl groups is 1. The molecule has 1 amide bonds. The van der Waals surface area contributed by atoms with Gasteiger partial charge in [0, 0.05) is 44.7 Å². The summed E-state index contributed by atoms with van der Waals surface area (Å²) >= 11 is 0. The molecule has 0 radical (unpaired) electrons. The van der Waals surface area contributed by atoms with E-state index in [9.17, 15) is 9.90 Å². The first-order chi connectivity index (χ1) is 18.1. The van der Waals surface area contributed by atoms with Crippen LogP contribution in [0, 0.1) is 29.0 Å². The van der Waals surface area contributed by atoms with Crippen molar-refractivity contribution >= 4 is 5.91 Å². The number of piperidine rings is 1. The molecule has 0 aromatic heterocycles. The lowest BCUT2D eigenvalue weighted by atomic mass is 9.73. The third-order valence-electron chi connectivity index (χ3n) is 8.06. The number of para-hydroxylation sites is 1. The lowest BCUT2D eigenvalue weighted by molar-refractivity contribution is -0.138. The van der Waals surface area contributed by atoms with Crippen molar-refractivity contribution in [1.82, 2.24) is 10.2 Å². The second-order valence-electron chi connectivity index (χ2n) is 12.8. The highest BCUT2D eigenvalue weighted by Crippen LogP contribution is 2.45. The summed E-state index contributed by atoms with van der Waals surface area (Å²) in [5.41, 5.74) is -0.623. The van der Waals surface area contributed by atoms with Gasteiger partial charge in [0.05, 0.1) is 12.2 Å². The van der Waals surface area contributed by atoms with Crippen LogP contribution in [0.3, 0.4) is 0 Å². The number of likely N-dealkylation sites (tertiary alicyclic amines) is 1. The number of hydrogen-bond donors (Lipinski definition) is 2. The van der Waals surface area contributed by atoms with E-state index in [-0.39, 0.29) is 28.9 Å². The number of unbranched alkanes of at least 4 members (excludes halogenated alkanes) is 1. The highest BCUT2D eigenvalue weighted by atomic mass is 19.1. The summed E-state index contributed by atoms with van der Waals surface area (Å²) in [5, 5.41) is 15.6. The van der Waals surface area contributed by atoms with E-state index < -0.39 is 11.4 Å². The van der Waals surface area contributed by atoms with Crippen LogP contribution in [0.15, 0.2) is 18.2 Å². The fourth-order valence-corrected chi connectivity index (χ4v) is 6.02. The number of amides is 1.